The highest BCUT2D eigenvalue weighted by atomic mass is 16.7. The Morgan fingerprint density at radius 1 is 1.32 bits per heavy atom. The van der Waals surface area contributed by atoms with Crippen LogP contribution in [0.3, 0.4) is 0 Å². The van der Waals surface area contributed by atoms with E-state index in [0.717, 1.165) is 42.3 Å². The lowest BCUT2D eigenvalue weighted by Gasteiger charge is -2.33. The number of aryl methyl sites for hydroxylation is 1. The molecular weight excluding hydrogens is 237 g/mol. The Kier molecular flexibility index (Phi) is 3.13. The number of aliphatic hydroxyl groups excluding tert-OH is 1. The lowest BCUT2D eigenvalue weighted by Crippen LogP contribution is -2.45. The summed E-state index contributed by atoms with van der Waals surface area (Å²) < 4.78 is 0. The van der Waals surface area contributed by atoms with E-state index in [-0.39, 0.29) is 0 Å². The molecule has 98 valence electrons. The van der Waals surface area contributed by atoms with E-state index in [4.69, 9.17) is 12.7 Å². The maximum Gasteiger partial charge on any atom is 0.169 e. The van der Waals surface area contributed by atoms with Crippen LogP contribution in [0.4, 0.5) is 0 Å². The molecule has 1 heterocycles. The van der Waals surface area contributed by atoms with Gasteiger partial charge in [-0.3, -0.25) is 0 Å². The van der Waals surface area contributed by atoms with Gasteiger partial charge in [0.15, 0.2) is 5.60 Å². The van der Waals surface area contributed by atoms with Crippen LogP contribution in [0.15, 0.2) is 23.4 Å². The Hall–Kier alpha value is -1.29. The summed E-state index contributed by atoms with van der Waals surface area (Å²) in [4.78, 5) is 5.63. The molecule has 19 heavy (non-hydrogen) atoms. The van der Waals surface area contributed by atoms with Gasteiger partial charge in [-0.05, 0) is 32.6 Å². The topological polar surface area (TPSA) is 41.8 Å². The standard InChI is InChI=1S/C15H18BNO2/c1-10-5-6-11(9-12(10)16)13-14(18)15(19-17-13)7-3-2-4-8-15/h5-6,9,14,18H,2-4,7-8H2,1H3. The quantitative estimate of drug-likeness (QED) is 0.774. The molecule has 1 aliphatic heterocycles. The van der Waals surface area contributed by atoms with Crippen molar-refractivity contribution in [3.63, 3.8) is 0 Å². The molecule has 1 saturated carbocycles. The summed E-state index contributed by atoms with van der Waals surface area (Å²) in [5.41, 5.74) is 2.74. The van der Waals surface area contributed by atoms with Gasteiger partial charge in [0.25, 0.3) is 0 Å². The van der Waals surface area contributed by atoms with Crippen LogP contribution in [0.5, 0.6) is 0 Å². The average Bonchev–Trinajstić information content (AvgIpc) is 2.72. The van der Waals surface area contributed by atoms with Gasteiger partial charge in [-0.2, -0.15) is 0 Å². The van der Waals surface area contributed by atoms with Crippen LogP contribution in [0.2, 0.25) is 0 Å². The van der Waals surface area contributed by atoms with Crippen molar-refractivity contribution in [2.24, 2.45) is 5.16 Å². The SMILES string of the molecule is [B]c1cc(C2=NOC3(CCCCC3)C2O)ccc1C. The van der Waals surface area contributed by atoms with E-state index >= 15 is 0 Å². The van der Waals surface area contributed by atoms with Crippen molar-refractivity contribution < 1.29 is 9.94 Å². The van der Waals surface area contributed by atoms with Crippen molar-refractivity contribution in [1.82, 2.24) is 0 Å². The summed E-state index contributed by atoms with van der Waals surface area (Å²) in [7, 11) is 5.93. The molecule has 1 atom stereocenters. The summed E-state index contributed by atoms with van der Waals surface area (Å²) in [5.74, 6) is 0. The molecule has 0 amide bonds. The van der Waals surface area contributed by atoms with E-state index in [1.54, 1.807) is 0 Å². The van der Waals surface area contributed by atoms with E-state index in [2.05, 4.69) is 5.16 Å². The molecule has 1 unspecified atom stereocenters. The molecule has 0 aromatic heterocycles. The normalized spacial score (nSPS) is 25.2. The minimum atomic E-state index is -0.644. The number of hydrogen-bond acceptors (Lipinski definition) is 3. The third-order valence-electron chi connectivity index (χ3n) is 4.36. The third kappa shape index (κ3) is 2.08. The zero-order chi connectivity index (χ0) is 13.5. The van der Waals surface area contributed by atoms with E-state index in [0.29, 0.717) is 5.71 Å². The number of nitrogens with zero attached hydrogens (tertiary/aromatic N) is 1. The van der Waals surface area contributed by atoms with Gasteiger partial charge in [0.05, 0.1) is 0 Å². The molecular formula is C15H18BNO2. The predicted molar refractivity (Wildman–Crippen MR) is 76.0 cm³/mol. The first kappa shape index (κ1) is 12.7. The lowest BCUT2D eigenvalue weighted by molar-refractivity contribution is -0.0970. The van der Waals surface area contributed by atoms with Crippen LogP contribution in [-0.4, -0.2) is 30.4 Å². The molecule has 1 spiro atoms. The van der Waals surface area contributed by atoms with E-state index in [1.165, 1.54) is 6.42 Å². The first-order chi connectivity index (χ1) is 9.12. The second kappa shape index (κ2) is 4.67. The number of rotatable bonds is 1. The summed E-state index contributed by atoms with van der Waals surface area (Å²) in [5, 5.41) is 14.7. The third-order valence-corrected chi connectivity index (χ3v) is 4.36. The first-order valence-electron chi connectivity index (χ1n) is 6.93. The highest BCUT2D eigenvalue weighted by Gasteiger charge is 2.48. The molecule has 3 rings (SSSR count). The Balaban J connectivity index is 1.88. The van der Waals surface area contributed by atoms with Crippen LogP contribution >= 0.6 is 0 Å². The zero-order valence-corrected chi connectivity index (χ0v) is 11.2. The number of oxime groups is 1. The predicted octanol–water partition coefficient (Wildman–Crippen LogP) is 1.59. The fraction of sp³-hybridized carbons (Fsp3) is 0.533. The fourth-order valence-electron chi connectivity index (χ4n) is 3.01. The molecule has 3 nitrogen and oxygen atoms in total. The van der Waals surface area contributed by atoms with Gasteiger partial charge in [0.1, 0.15) is 19.7 Å². The van der Waals surface area contributed by atoms with E-state index in [1.807, 2.05) is 25.1 Å². The number of aliphatic hydroxyl groups is 1. The van der Waals surface area contributed by atoms with Gasteiger partial charge in [-0.15, -0.1) is 0 Å². The van der Waals surface area contributed by atoms with Gasteiger partial charge in [-0.25, -0.2) is 0 Å². The van der Waals surface area contributed by atoms with Crippen molar-refractivity contribution >= 4 is 19.0 Å². The largest absolute Gasteiger partial charge is 0.386 e. The molecule has 1 fully saturated rings. The van der Waals surface area contributed by atoms with Gasteiger partial charge < -0.3 is 9.94 Å². The molecule has 1 aromatic rings. The first-order valence-corrected chi connectivity index (χ1v) is 6.93. The molecule has 2 radical (unpaired) electrons. The average molecular weight is 255 g/mol. The number of hydrogen-bond donors (Lipinski definition) is 1. The van der Waals surface area contributed by atoms with Crippen LogP contribution in [-0.2, 0) is 4.84 Å². The number of benzene rings is 1. The van der Waals surface area contributed by atoms with Crippen LogP contribution in [0.25, 0.3) is 0 Å². The zero-order valence-electron chi connectivity index (χ0n) is 11.2. The highest BCUT2D eigenvalue weighted by Crippen LogP contribution is 2.39. The second-order valence-electron chi connectivity index (χ2n) is 5.67. The van der Waals surface area contributed by atoms with Crippen LogP contribution in [0.1, 0.15) is 43.2 Å². The van der Waals surface area contributed by atoms with Crippen molar-refractivity contribution in [3.8, 4) is 0 Å². The summed E-state index contributed by atoms with van der Waals surface area (Å²) >= 11 is 0. The Labute approximate surface area is 115 Å². The monoisotopic (exact) mass is 255 g/mol. The Morgan fingerprint density at radius 2 is 2.05 bits per heavy atom. The smallest absolute Gasteiger partial charge is 0.169 e. The Morgan fingerprint density at radius 3 is 2.74 bits per heavy atom. The minimum absolute atomic E-state index is 0.493. The molecule has 0 bridgehead atoms. The second-order valence-corrected chi connectivity index (χ2v) is 5.67. The molecule has 1 N–H and O–H groups in total. The van der Waals surface area contributed by atoms with Crippen LogP contribution < -0.4 is 5.46 Å². The van der Waals surface area contributed by atoms with Crippen molar-refractivity contribution in [2.45, 2.75) is 50.7 Å². The van der Waals surface area contributed by atoms with Crippen LogP contribution in [0, 0.1) is 6.92 Å². The van der Waals surface area contributed by atoms with E-state index in [9.17, 15) is 5.11 Å². The van der Waals surface area contributed by atoms with Crippen molar-refractivity contribution in [2.75, 3.05) is 0 Å². The summed E-state index contributed by atoms with van der Waals surface area (Å²) in [6.07, 6.45) is 4.51. The molecule has 2 aliphatic rings. The van der Waals surface area contributed by atoms with Gasteiger partial charge in [0.2, 0.25) is 0 Å². The van der Waals surface area contributed by atoms with Crippen molar-refractivity contribution in [3.05, 3.63) is 29.3 Å². The summed E-state index contributed by atoms with van der Waals surface area (Å²) in [6.45, 7) is 1.96. The highest BCUT2D eigenvalue weighted by molar-refractivity contribution is 6.33. The van der Waals surface area contributed by atoms with Gasteiger partial charge >= 0.3 is 0 Å². The molecule has 1 aliphatic carbocycles. The van der Waals surface area contributed by atoms with Gasteiger partial charge in [-0.1, -0.05) is 40.8 Å². The fourth-order valence-corrected chi connectivity index (χ4v) is 3.01. The lowest BCUT2D eigenvalue weighted by atomic mass is 9.78. The van der Waals surface area contributed by atoms with Gasteiger partial charge in [0, 0.05) is 5.56 Å². The molecule has 1 aromatic carbocycles. The van der Waals surface area contributed by atoms with Crippen molar-refractivity contribution in [1.29, 1.82) is 0 Å². The minimum Gasteiger partial charge on any atom is -0.386 e. The maximum atomic E-state index is 10.6. The maximum absolute atomic E-state index is 10.6. The summed E-state index contributed by atoms with van der Waals surface area (Å²) in [6, 6.07) is 5.76. The Bertz CT molecular complexity index is 521. The molecule has 0 saturated heterocycles. The molecule has 4 heteroatoms. The van der Waals surface area contributed by atoms with E-state index < -0.39 is 11.7 Å².